The molecular weight excluding hydrogens is 376 g/mol. The summed E-state index contributed by atoms with van der Waals surface area (Å²) in [5, 5.41) is 5.76. The summed E-state index contributed by atoms with van der Waals surface area (Å²) in [6.07, 6.45) is 12.2. The quantitative estimate of drug-likeness (QED) is 0.756. The second-order valence-corrected chi connectivity index (χ2v) is 7.99. The van der Waals surface area contributed by atoms with Gasteiger partial charge in [0.25, 0.3) is 11.1 Å². The van der Waals surface area contributed by atoms with Gasteiger partial charge in [0.2, 0.25) is 5.91 Å². The molecular formula is C21H20N2O4S. The van der Waals surface area contributed by atoms with E-state index in [1.165, 1.54) is 25.3 Å². The van der Waals surface area contributed by atoms with Gasteiger partial charge in [-0.05, 0) is 54.5 Å². The summed E-state index contributed by atoms with van der Waals surface area (Å²) in [4.78, 5) is 35.6. The predicted octanol–water partition coefficient (Wildman–Crippen LogP) is 4.22. The molecule has 1 aliphatic heterocycles. The van der Waals surface area contributed by atoms with E-state index in [1.54, 1.807) is 24.5 Å². The van der Waals surface area contributed by atoms with Crippen molar-refractivity contribution in [2.75, 3.05) is 0 Å². The summed E-state index contributed by atoms with van der Waals surface area (Å²) in [7, 11) is 0. The maximum absolute atomic E-state index is 12.2. The summed E-state index contributed by atoms with van der Waals surface area (Å²) in [5.41, 5.74) is 2.25. The van der Waals surface area contributed by atoms with Crippen molar-refractivity contribution < 1.29 is 18.8 Å². The van der Waals surface area contributed by atoms with Gasteiger partial charge in [-0.2, -0.15) is 0 Å². The molecule has 6 nitrogen and oxygen atoms in total. The topological polar surface area (TPSA) is 88.4 Å². The van der Waals surface area contributed by atoms with Crippen LogP contribution in [0, 0.1) is 0 Å². The van der Waals surface area contributed by atoms with Gasteiger partial charge >= 0.3 is 0 Å². The highest BCUT2D eigenvalue weighted by Crippen LogP contribution is 2.28. The Hall–Kier alpha value is -2.80. The Labute approximate surface area is 166 Å². The molecule has 0 spiro atoms. The molecule has 2 aromatic rings. The number of amides is 3. The second-order valence-electron chi connectivity index (χ2n) is 6.98. The molecule has 144 valence electrons. The van der Waals surface area contributed by atoms with Gasteiger partial charge in [0.15, 0.2) is 0 Å². The minimum Gasteiger partial charge on any atom is -0.464 e. The number of thioether (sulfide) groups is 1. The first-order valence-electron chi connectivity index (χ1n) is 9.33. The molecule has 0 unspecified atom stereocenters. The van der Waals surface area contributed by atoms with Gasteiger partial charge in [0.1, 0.15) is 5.58 Å². The zero-order valence-electron chi connectivity index (χ0n) is 15.2. The molecule has 3 amide bonds. The van der Waals surface area contributed by atoms with Crippen LogP contribution in [-0.2, 0) is 9.59 Å². The van der Waals surface area contributed by atoms with E-state index < -0.39 is 0 Å². The second kappa shape index (κ2) is 8.06. The van der Waals surface area contributed by atoms with Crippen LogP contribution in [0.4, 0.5) is 4.79 Å². The average molecular weight is 396 g/mol. The number of imide groups is 1. The van der Waals surface area contributed by atoms with Crippen molar-refractivity contribution in [3.63, 3.8) is 0 Å². The van der Waals surface area contributed by atoms with Gasteiger partial charge in [-0.3, -0.25) is 19.7 Å². The lowest BCUT2D eigenvalue weighted by Gasteiger charge is -2.21. The van der Waals surface area contributed by atoms with Crippen molar-refractivity contribution in [2.24, 2.45) is 0 Å². The van der Waals surface area contributed by atoms with Crippen LogP contribution in [0.3, 0.4) is 0 Å². The number of carbonyl (C=O) groups excluding carboxylic acids is 3. The smallest absolute Gasteiger partial charge is 0.290 e. The van der Waals surface area contributed by atoms with E-state index in [4.69, 9.17) is 4.42 Å². The highest BCUT2D eigenvalue weighted by molar-refractivity contribution is 8.18. The molecule has 0 atom stereocenters. The van der Waals surface area contributed by atoms with E-state index in [0.29, 0.717) is 10.5 Å². The van der Waals surface area contributed by atoms with Crippen molar-refractivity contribution in [3.8, 4) is 0 Å². The predicted molar refractivity (Wildman–Crippen MR) is 109 cm³/mol. The maximum Gasteiger partial charge on any atom is 0.290 e. The number of furan rings is 1. The van der Waals surface area contributed by atoms with E-state index >= 15 is 0 Å². The molecule has 7 heteroatoms. The third-order valence-corrected chi connectivity index (χ3v) is 5.74. The molecule has 1 aromatic heterocycles. The zero-order valence-corrected chi connectivity index (χ0v) is 16.0. The van der Waals surface area contributed by atoms with E-state index in [-0.39, 0.29) is 23.1 Å². The van der Waals surface area contributed by atoms with Gasteiger partial charge in [0.05, 0.1) is 11.2 Å². The van der Waals surface area contributed by atoms with E-state index in [1.807, 2.05) is 12.1 Å². The zero-order chi connectivity index (χ0) is 19.5. The van der Waals surface area contributed by atoms with Crippen LogP contribution < -0.4 is 10.6 Å². The first-order chi connectivity index (χ1) is 13.6. The maximum atomic E-state index is 12.2. The molecule has 0 bridgehead atoms. The average Bonchev–Trinajstić information content (AvgIpc) is 3.23. The van der Waals surface area contributed by atoms with Gasteiger partial charge in [-0.1, -0.05) is 25.3 Å². The largest absolute Gasteiger partial charge is 0.464 e. The van der Waals surface area contributed by atoms with Crippen LogP contribution in [-0.4, -0.2) is 23.1 Å². The molecule has 2 fully saturated rings. The molecule has 28 heavy (non-hydrogen) atoms. The van der Waals surface area contributed by atoms with Gasteiger partial charge in [0, 0.05) is 23.1 Å². The van der Waals surface area contributed by atoms with E-state index in [0.717, 1.165) is 41.1 Å². The Morgan fingerprint density at radius 3 is 2.79 bits per heavy atom. The Balaban J connectivity index is 1.51. The van der Waals surface area contributed by atoms with Crippen LogP contribution in [0.15, 0.2) is 39.9 Å². The van der Waals surface area contributed by atoms with Crippen LogP contribution in [0.1, 0.15) is 43.2 Å². The molecule has 2 heterocycles. The number of rotatable bonds is 4. The fourth-order valence-corrected chi connectivity index (χ4v) is 4.20. The van der Waals surface area contributed by atoms with Crippen LogP contribution >= 0.6 is 11.8 Å². The number of carbonyl (C=O) groups is 3. The van der Waals surface area contributed by atoms with Crippen LogP contribution in [0.25, 0.3) is 23.1 Å². The van der Waals surface area contributed by atoms with Crippen molar-refractivity contribution in [2.45, 2.75) is 38.1 Å². The SMILES string of the molecule is O=C(/C=C\c1coc2ccc(/C=C3\SC(=O)NC3=O)cc12)NC1CCCCC1. The van der Waals surface area contributed by atoms with Crippen LogP contribution in [0.2, 0.25) is 0 Å². The number of benzene rings is 1. The van der Waals surface area contributed by atoms with Crippen LogP contribution in [0.5, 0.6) is 0 Å². The molecule has 1 aliphatic carbocycles. The highest BCUT2D eigenvalue weighted by atomic mass is 32.2. The van der Waals surface area contributed by atoms with Gasteiger partial charge in [-0.15, -0.1) is 0 Å². The Morgan fingerprint density at radius 2 is 2.04 bits per heavy atom. The molecule has 4 rings (SSSR count). The monoisotopic (exact) mass is 396 g/mol. The molecule has 1 saturated heterocycles. The first kappa shape index (κ1) is 18.6. The number of fused-ring (bicyclic) bond motifs is 1. The fraction of sp³-hybridized carbons (Fsp3) is 0.286. The molecule has 0 radical (unpaired) electrons. The van der Waals surface area contributed by atoms with Crippen molar-refractivity contribution in [3.05, 3.63) is 46.6 Å². The lowest BCUT2D eigenvalue weighted by molar-refractivity contribution is -0.117. The minimum absolute atomic E-state index is 0.0999. The summed E-state index contributed by atoms with van der Waals surface area (Å²) in [5.74, 6) is -0.487. The normalized spacial score (nSPS) is 19.6. The summed E-state index contributed by atoms with van der Waals surface area (Å²) < 4.78 is 5.55. The Morgan fingerprint density at radius 1 is 1.21 bits per heavy atom. The summed E-state index contributed by atoms with van der Waals surface area (Å²) in [6.45, 7) is 0. The third kappa shape index (κ3) is 4.20. The van der Waals surface area contributed by atoms with Crippen molar-refractivity contribution in [1.29, 1.82) is 0 Å². The van der Waals surface area contributed by atoms with E-state index in [2.05, 4.69) is 10.6 Å². The highest BCUT2D eigenvalue weighted by Gasteiger charge is 2.25. The molecule has 1 aromatic carbocycles. The fourth-order valence-electron chi connectivity index (χ4n) is 3.52. The number of nitrogens with one attached hydrogen (secondary N) is 2. The first-order valence-corrected chi connectivity index (χ1v) is 10.1. The molecule has 1 saturated carbocycles. The lowest BCUT2D eigenvalue weighted by atomic mass is 9.95. The Bertz CT molecular complexity index is 999. The number of hydrogen-bond donors (Lipinski definition) is 2. The Kier molecular flexibility index (Phi) is 5.34. The minimum atomic E-state index is -0.387. The standard InChI is InChI=1S/C21H20N2O4S/c24-19(22-15-4-2-1-3-5-15)9-7-14-12-27-17-8-6-13(10-16(14)17)11-18-20(25)23-21(26)28-18/h6-12,15H,1-5H2,(H,22,24)(H,23,25,26)/b9-7-,18-11-. The molecule has 2 N–H and O–H groups in total. The third-order valence-electron chi connectivity index (χ3n) is 4.93. The van der Waals surface area contributed by atoms with Gasteiger partial charge < -0.3 is 9.73 Å². The lowest BCUT2D eigenvalue weighted by Crippen LogP contribution is -2.34. The molecule has 2 aliphatic rings. The number of hydrogen-bond acceptors (Lipinski definition) is 5. The van der Waals surface area contributed by atoms with Crippen molar-refractivity contribution in [1.82, 2.24) is 10.6 Å². The summed E-state index contributed by atoms with van der Waals surface area (Å²) in [6, 6.07) is 5.77. The van der Waals surface area contributed by atoms with Gasteiger partial charge in [-0.25, -0.2) is 0 Å². The summed E-state index contributed by atoms with van der Waals surface area (Å²) >= 11 is 0.882. The van der Waals surface area contributed by atoms with E-state index in [9.17, 15) is 14.4 Å². The van der Waals surface area contributed by atoms with Crippen molar-refractivity contribution >= 4 is 51.9 Å².